The van der Waals surface area contributed by atoms with Gasteiger partial charge in [0.1, 0.15) is 21.3 Å². The van der Waals surface area contributed by atoms with E-state index in [0.717, 1.165) is 23.7 Å². The van der Waals surface area contributed by atoms with E-state index in [1.807, 2.05) is 37.3 Å². The van der Waals surface area contributed by atoms with Crippen molar-refractivity contribution >= 4 is 45.9 Å². The van der Waals surface area contributed by atoms with E-state index in [0.29, 0.717) is 20.6 Å². The van der Waals surface area contributed by atoms with Crippen LogP contribution in [0.4, 0.5) is 0 Å². The number of rotatable bonds is 4. The van der Waals surface area contributed by atoms with Crippen molar-refractivity contribution in [3.63, 3.8) is 0 Å². The number of benzene rings is 1. The maximum atomic E-state index is 13.3. The van der Waals surface area contributed by atoms with Crippen molar-refractivity contribution in [1.29, 1.82) is 0 Å². The predicted molar refractivity (Wildman–Crippen MR) is 123 cm³/mol. The van der Waals surface area contributed by atoms with Crippen LogP contribution >= 0.6 is 24.0 Å². The zero-order chi connectivity index (χ0) is 21.4. The second-order valence-corrected chi connectivity index (χ2v) is 8.54. The molecule has 152 valence electrons. The van der Waals surface area contributed by atoms with Gasteiger partial charge in [-0.15, -0.1) is 0 Å². The molecule has 6 nitrogen and oxygen atoms in total. The zero-order valence-corrected chi connectivity index (χ0v) is 18.3. The minimum atomic E-state index is -0.315. The summed E-state index contributed by atoms with van der Waals surface area (Å²) >= 11 is 6.35. The van der Waals surface area contributed by atoms with Crippen molar-refractivity contribution in [2.75, 3.05) is 7.05 Å². The fourth-order valence-corrected chi connectivity index (χ4v) is 4.24. The maximum Gasteiger partial charge on any atom is 0.269 e. The largest absolute Gasteiger partial charge is 0.438 e. The molecule has 0 saturated carbocycles. The molecule has 3 aromatic rings. The number of hydrogen-bond acceptors (Lipinski definition) is 6. The fourth-order valence-electron chi connectivity index (χ4n) is 3.07. The van der Waals surface area contributed by atoms with Crippen LogP contribution in [0, 0.1) is 6.92 Å². The lowest BCUT2D eigenvalue weighted by Crippen LogP contribution is -2.23. The van der Waals surface area contributed by atoms with Crippen LogP contribution in [0.25, 0.3) is 11.7 Å². The van der Waals surface area contributed by atoms with E-state index in [9.17, 15) is 9.59 Å². The monoisotopic (exact) mass is 437 g/mol. The smallest absolute Gasteiger partial charge is 0.269 e. The first-order valence-corrected chi connectivity index (χ1v) is 10.6. The highest BCUT2D eigenvalue weighted by Crippen LogP contribution is 2.33. The molecule has 0 atom stereocenters. The second-order valence-electron chi connectivity index (χ2n) is 6.86. The van der Waals surface area contributed by atoms with Crippen molar-refractivity contribution in [3.8, 4) is 11.6 Å². The molecule has 1 fully saturated rings. The van der Waals surface area contributed by atoms with Gasteiger partial charge < -0.3 is 4.74 Å². The Morgan fingerprint density at radius 1 is 1.20 bits per heavy atom. The Labute approximate surface area is 183 Å². The van der Waals surface area contributed by atoms with E-state index < -0.39 is 0 Å². The van der Waals surface area contributed by atoms with Crippen LogP contribution in [0.2, 0.25) is 0 Å². The number of aromatic nitrogens is 2. The number of likely N-dealkylation sites (N-methyl/N-ethyl adjacent to an activating group) is 1. The van der Waals surface area contributed by atoms with Gasteiger partial charge in [-0.3, -0.25) is 18.9 Å². The highest BCUT2D eigenvalue weighted by Gasteiger charge is 2.30. The molecule has 1 saturated heterocycles. The molecule has 0 aliphatic carbocycles. The number of thiocarbonyl (C=S) groups is 1. The maximum absolute atomic E-state index is 13.3. The number of carbonyl (C=O) groups excluding carboxylic acids is 1. The summed E-state index contributed by atoms with van der Waals surface area (Å²) in [5.41, 5.74) is 2.41. The van der Waals surface area contributed by atoms with E-state index in [4.69, 9.17) is 17.0 Å². The molecule has 3 heterocycles. The average Bonchev–Trinajstić information content (AvgIpc) is 2.98. The number of carbonyl (C=O) groups is 1. The molecule has 0 spiro atoms. The average molecular weight is 438 g/mol. The molecule has 1 aliphatic rings. The van der Waals surface area contributed by atoms with Gasteiger partial charge in [-0.05, 0) is 48.7 Å². The lowest BCUT2D eigenvalue weighted by Gasteiger charge is -2.12. The standard InChI is InChI=1S/C22H19N3O3S2/c1-4-14-7-9-15(10-8-14)28-19-16(12-17-21(27)24(3)22(29)30-17)20(26)25-11-5-6-13(2)18(25)23-19/h5-12H,4H2,1-3H3/b17-12+. The highest BCUT2D eigenvalue weighted by molar-refractivity contribution is 8.26. The molecule has 2 aromatic heterocycles. The van der Waals surface area contributed by atoms with Crippen LogP contribution in [-0.4, -0.2) is 31.6 Å². The van der Waals surface area contributed by atoms with Gasteiger partial charge in [0, 0.05) is 13.2 Å². The molecule has 1 aromatic carbocycles. The summed E-state index contributed by atoms with van der Waals surface area (Å²) in [6.45, 7) is 3.95. The van der Waals surface area contributed by atoms with E-state index in [2.05, 4.69) is 11.9 Å². The highest BCUT2D eigenvalue weighted by atomic mass is 32.2. The summed E-state index contributed by atoms with van der Waals surface area (Å²) in [6.07, 6.45) is 4.08. The number of amides is 1. The van der Waals surface area contributed by atoms with Crippen molar-refractivity contribution in [2.45, 2.75) is 20.3 Å². The molecule has 4 rings (SSSR count). The summed E-state index contributed by atoms with van der Waals surface area (Å²) in [7, 11) is 1.61. The van der Waals surface area contributed by atoms with Crippen molar-refractivity contribution in [3.05, 3.63) is 74.5 Å². The Hall–Kier alpha value is -2.97. The van der Waals surface area contributed by atoms with Crippen molar-refractivity contribution in [1.82, 2.24) is 14.3 Å². The SMILES string of the molecule is CCc1ccc(Oc2nc3c(C)cccn3c(=O)c2/C=C2/SC(=S)N(C)C2=O)cc1. The van der Waals surface area contributed by atoms with Crippen LogP contribution in [0.5, 0.6) is 11.6 Å². The van der Waals surface area contributed by atoms with Crippen LogP contribution in [0.3, 0.4) is 0 Å². The van der Waals surface area contributed by atoms with Gasteiger partial charge in [-0.1, -0.05) is 49.1 Å². The van der Waals surface area contributed by atoms with Gasteiger partial charge in [0.2, 0.25) is 5.88 Å². The van der Waals surface area contributed by atoms with Crippen LogP contribution in [-0.2, 0) is 11.2 Å². The third-order valence-corrected chi connectivity index (χ3v) is 6.34. The summed E-state index contributed by atoms with van der Waals surface area (Å²) in [6, 6.07) is 11.3. The molecular weight excluding hydrogens is 418 g/mol. The van der Waals surface area contributed by atoms with Crippen molar-refractivity contribution in [2.24, 2.45) is 0 Å². The molecule has 30 heavy (non-hydrogen) atoms. The summed E-state index contributed by atoms with van der Waals surface area (Å²) in [5, 5.41) is 0. The Bertz CT molecular complexity index is 1260. The number of ether oxygens (including phenoxy) is 1. The van der Waals surface area contributed by atoms with E-state index in [1.54, 1.807) is 19.3 Å². The topological polar surface area (TPSA) is 63.9 Å². The lowest BCUT2D eigenvalue weighted by atomic mass is 10.2. The van der Waals surface area contributed by atoms with E-state index >= 15 is 0 Å². The normalized spacial score (nSPS) is 15.4. The summed E-state index contributed by atoms with van der Waals surface area (Å²) < 4.78 is 7.91. The molecule has 8 heteroatoms. The Morgan fingerprint density at radius 3 is 2.57 bits per heavy atom. The molecule has 0 bridgehead atoms. The lowest BCUT2D eigenvalue weighted by molar-refractivity contribution is -0.121. The minimum absolute atomic E-state index is 0.153. The molecule has 0 radical (unpaired) electrons. The number of thioether (sulfide) groups is 1. The number of fused-ring (bicyclic) bond motifs is 1. The number of hydrogen-bond donors (Lipinski definition) is 0. The molecular formula is C22H19N3O3S2. The summed E-state index contributed by atoms with van der Waals surface area (Å²) in [5.74, 6) is 0.464. The fraction of sp³-hybridized carbons (Fsp3) is 0.182. The first-order chi connectivity index (χ1) is 14.4. The summed E-state index contributed by atoms with van der Waals surface area (Å²) in [4.78, 5) is 32.1. The van der Waals surface area contributed by atoms with Gasteiger partial charge >= 0.3 is 0 Å². The molecule has 1 aliphatic heterocycles. The zero-order valence-electron chi connectivity index (χ0n) is 16.7. The van der Waals surface area contributed by atoms with Gasteiger partial charge in [-0.2, -0.15) is 4.98 Å². The Kier molecular flexibility index (Phi) is 5.44. The molecule has 1 amide bonds. The van der Waals surface area contributed by atoms with Gasteiger partial charge in [0.05, 0.1) is 4.91 Å². The number of aryl methyl sites for hydroxylation is 2. The van der Waals surface area contributed by atoms with Crippen LogP contribution in [0.1, 0.15) is 23.6 Å². The molecule has 0 N–H and O–H groups in total. The van der Waals surface area contributed by atoms with Crippen molar-refractivity contribution < 1.29 is 9.53 Å². The Morgan fingerprint density at radius 2 is 1.93 bits per heavy atom. The minimum Gasteiger partial charge on any atom is -0.438 e. The molecule has 0 unspecified atom stereocenters. The van der Waals surface area contributed by atoms with Crippen LogP contribution in [0.15, 0.2) is 52.3 Å². The first-order valence-electron chi connectivity index (χ1n) is 9.39. The van der Waals surface area contributed by atoms with Gasteiger partial charge in [0.15, 0.2) is 0 Å². The number of pyridine rings is 1. The number of nitrogens with zero attached hydrogens (tertiary/aromatic N) is 3. The van der Waals surface area contributed by atoms with E-state index in [-0.39, 0.29) is 22.9 Å². The first kappa shape index (κ1) is 20.3. The predicted octanol–water partition coefficient (Wildman–Crippen LogP) is 4.19. The third-order valence-electron chi connectivity index (χ3n) is 4.86. The van der Waals surface area contributed by atoms with Gasteiger partial charge in [-0.25, -0.2) is 0 Å². The quantitative estimate of drug-likeness (QED) is 0.451. The van der Waals surface area contributed by atoms with E-state index in [1.165, 1.54) is 20.9 Å². The Balaban J connectivity index is 1.89. The van der Waals surface area contributed by atoms with Gasteiger partial charge in [0.25, 0.3) is 11.5 Å². The second kappa shape index (κ2) is 8.04. The van der Waals surface area contributed by atoms with Crippen LogP contribution < -0.4 is 10.3 Å². The third kappa shape index (κ3) is 3.64.